The summed E-state index contributed by atoms with van der Waals surface area (Å²) < 4.78 is 5.11. The van der Waals surface area contributed by atoms with Crippen LogP contribution in [0.3, 0.4) is 0 Å². The van der Waals surface area contributed by atoms with Crippen molar-refractivity contribution in [1.29, 1.82) is 0 Å². The molecule has 2 rings (SSSR count). The Kier molecular flexibility index (Phi) is 2.68. The highest BCUT2D eigenvalue weighted by molar-refractivity contribution is 5.76. The number of carboxylic acid groups (broad SMARTS) is 1. The lowest BCUT2D eigenvalue weighted by atomic mass is 9.91. The number of hydrogen-bond acceptors (Lipinski definition) is 3. The van der Waals surface area contributed by atoms with Gasteiger partial charge in [-0.25, -0.2) is 4.79 Å². The maximum atomic E-state index is 11.1. The van der Waals surface area contributed by atoms with Crippen LogP contribution < -0.4 is 0 Å². The molecule has 0 aliphatic heterocycles. The van der Waals surface area contributed by atoms with Crippen LogP contribution >= 0.6 is 0 Å². The lowest BCUT2D eigenvalue weighted by Gasteiger charge is -2.22. The van der Waals surface area contributed by atoms with Crippen LogP contribution in [0.1, 0.15) is 24.1 Å². The van der Waals surface area contributed by atoms with E-state index in [4.69, 9.17) is 9.84 Å². The van der Waals surface area contributed by atoms with Crippen molar-refractivity contribution in [2.45, 2.75) is 31.3 Å². The van der Waals surface area contributed by atoms with Gasteiger partial charge in [-0.05, 0) is 31.4 Å². The minimum Gasteiger partial charge on any atom is -0.479 e. The molecule has 1 N–H and O–H groups in total. The fourth-order valence-corrected chi connectivity index (χ4v) is 2.33. The molecule has 1 unspecified atom stereocenters. The van der Waals surface area contributed by atoms with E-state index in [1.807, 2.05) is 19.1 Å². The van der Waals surface area contributed by atoms with Crippen LogP contribution in [0.2, 0.25) is 0 Å². The van der Waals surface area contributed by atoms with E-state index in [0.717, 1.165) is 24.1 Å². The zero-order chi connectivity index (χ0) is 11.8. The van der Waals surface area contributed by atoms with Gasteiger partial charge < -0.3 is 9.84 Å². The number of rotatable bonds is 4. The summed E-state index contributed by atoms with van der Waals surface area (Å²) >= 11 is 0. The highest BCUT2D eigenvalue weighted by Crippen LogP contribution is 2.52. The van der Waals surface area contributed by atoms with Crippen molar-refractivity contribution in [3.63, 3.8) is 0 Å². The van der Waals surface area contributed by atoms with Gasteiger partial charge in [-0.3, -0.25) is 4.98 Å². The first-order valence-electron chi connectivity index (χ1n) is 5.29. The minimum absolute atomic E-state index is 0.411. The molecule has 0 spiro atoms. The van der Waals surface area contributed by atoms with Crippen LogP contribution in [-0.4, -0.2) is 29.3 Å². The van der Waals surface area contributed by atoms with Gasteiger partial charge in [0.25, 0.3) is 0 Å². The number of aromatic nitrogens is 1. The van der Waals surface area contributed by atoms with E-state index in [2.05, 4.69) is 4.98 Å². The molecule has 86 valence electrons. The van der Waals surface area contributed by atoms with E-state index in [9.17, 15) is 4.79 Å². The van der Waals surface area contributed by atoms with Gasteiger partial charge in [0.05, 0.1) is 5.69 Å². The quantitative estimate of drug-likeness (QED) is 0.837. The van der Waals surface area contributed by atoms with Gasteiger partial charge in [-0.2, -0.15) is 0 Å². The fourth-order valence-electron chi connectivity index (χ4n) is 2.33. The van der Waals surface area contributed by atoms with Crippen molar-refractivity contribution in [3.05, 3.63) is 29.6 Å². The van der Waals surface area contributed by atoms with Gasteiger partial charge in [0, 0.05) is 18.7 Å². The summed E-state index contributed by atoms with van der Waals surface area (Å²) in [7, 11) is 1.44. The Labute approximate surface area is 94.3 Å². The lowest BCUT2D eigenvalue weighted by Crippen LogP contribution is -2.36. The van der Waals surface area contributed by atoms with Crippen molar-refractivity contribution in [2.75, 3.05) is 7.11 Å². The van der Waals surface area contributed by atoms with Gasteiger partial charge >= 0.3 is 5.97 Å². The monoisotopic (exact) mass is 221 g/mol. The molecule has 0 aromatic carbocycles. The van der Waals surface area contributed by atoms with E-state index in [1.54, 1.807) is 6.20 Å². The molecule has 1 atom stereocenters. The van der Waals surface area contributed by atoms with E-state index >= 15 is 0 Å². The first-order valence-corrected chi connectivity index (χ1v) is 5.29. The Balaban J connectivity index is 2.39. The molecule has 1 aliphatic carbocycles. The Morgan fingerprint density at radius 3 is 2.75 bits per heavy atom. The average Bonchev–Trinajstić information content (AvgIpc) is 3.00. The second-order valence-corrected chi connectivity index (χ2v) is 4.28. The average molecular weight is 221 g/mol. The number of carbonyl (C=O) groups is 1. The second kappa shape index (κ2) is 3.87. The molecule has 4 nitrogen and oxygen atoms in total. The number of aryl methyl sites for hydroxylation is 1. The summed E-state index contributed by atoms with van der Waals surface area (Å²) in [5.41, 5.74) is 1.49. The Bertz CT molecular complexity index is 412. The zero-order valence-corrected chi connectivity index (χ0v) is 9.43. The molecule has 0 radical (unpaired) electrons. The third-order valence-electron chi connectivity index (χ3n) is 3.23. The number of hydrogen-bond donors (Lipinski definition) is 1. The van der Waals surface area contributed by atoms with Crippen LogP contribution in [0.4, 0.5) is 0 Å². The molecule has 16 heavy (non-hydrogen) atoms. The summed E-state index contributed by atoms with van der Waals surface area (Å²) in [5.74, 6) is -0.912. The van der Waals surface area contributed by atoms with Crippen molar-refractivity contribution in [3.8, 4) is 0 Å². The van der Waals surface area contributed by atoms with E-state index in [-0.39, 0.29) is 0 Å². The first-order chi connectivity index (χ1) is 7.62. The lowest BCUT2D eigenvalue weighted by molar-refractivity contribution is -0.150. The topological polar surface area (TPSA) is 59.4 Å². The molecule has 1 fully saturated rings. The Morgan fingerprint density at radius 2 is 2.31 bits per heavy atom. The standard InChI is InChI=1S/C12H15NO3/c1-8-4-3-7-13-9(8)12(5-6-12)10(16-2)11(14)15/h3-4,7,10H,5-6H2,1-2H3,(H,14,15). The molecule has 1 heterocycles. The van der Waals surface area contributed by atoms with E-state index < -0.39 is 17.5 Å². The van der Waals surface area contributed by atoms with Crippen molar-refractivity contribution < 1.29 is 14.6 Å². The number of pyridine rings is 1. The second-order valence-electron chi connectivity index (χ2n) is 4.28. The molecule has 0 bridgehead atoms. The number of carboxylic acids is 1. The van der Waals surface area contributed by atoms with Gasteiger partial charge in [-0.15, -0.1) is 0 Å². The van der Waals surface area contributed by atoms with Crippen LogP contribution in [-0.2, 0) is 14.9 Å². The SMILES string of the molecule is COC(C(=O)O)C1(c2ncccc2C)CC1. The third-order valence-corrected chi connectivity index (χ3v) is 3.23. The highest BCUT2D eigenvalue weighted by Gasteiger charge is 2.56. The molecule has 1 aliphatic rings. The predicted octanol–water partition coefficient (Wildman–Crippen LogP) is 1.52. The normalized spacial score (nSPS) is 19.1. The summed E-state index contributed by atoms with van der Waals surface area (Å²) in [6.45, 7) is 1.96. The molecule has 1 saturated carbocycles. The largest absolute Gasteiger partial charge is 0.479 e. The van der Waals surface area contributed by atoms with Gasteiger partial charge in [0.15, 0.2) is 6.10 Å². The van der Waals surface area contributed by atoms with E-state index in [1.165, 1.54) is 7.11 Å². The Morgan fingerprint density at radius 1 is 1.62 bits per heavy atom. The summed E-state index contributed by atoms with van der Waals surface area (Å²) in [6.07, 6.45) is 2.57. The molecule has 1 aromatic rings. The molecule has 4 heteroatoms. The summed E-state index contributed by atoms with van der Waals surface area (Å²) in [5, 5.41) is 9.15. The molecular formula is C12H15NO3. The van der Waals surface area contributed by atoms with Crippen molar-refractivity contribution in [2.24, 2.45) is 0 Å². The molecule has 0 amide bonds. The van der Waals surface area contributed by atoms with Gasteiger partial charge in [0.2, 0.25) is 0 Å². The van der Waals surface area contributed by atoms with Gasteiger partial charge in [0.1, 0.15) is 0 Å². The predicted molar refractivity (Wildman–Crippen MR) is 58.3 cm³/mol. The maximum absolute atomic E-state index is 11.1. The number of methoxy groups -OCH3 is 1. The fraction of sp³-hybridized carbons (Fsp3) is 0.500. The zero-order valence-electron chi connectivity index (χ0n) is 9.43. The molecular weight excluding hydrogens is 206 g/mol. The van der Waals surface area contributed by atoms with Crippen LogP contribution in [0.5, 0.6) is 0 Å². The van der Waals surface area contributed by atoms with E-state index in [0.29, 0.717) is 0 Å². The third kappa shape index (κ3) is 1.59. The van der Waals surface area contributed by atoms with Crippen LogP contribution in [0, 0.1) is 6.92 Å². The smallest absolute Gasteiger partial charge is 0.333 e. The van der Waals surface area contributed by atoms with Crippen molar-refractivity contribution in [1.82, 2.24) is 4.98 Å². The van der Waals surface area contributed by atoms with Crippen LogP contribution in [0.15, 0.2) is 18.3 Å². The summed E-state index contributed by atoms with van der Waals surface area (Å²) in [6, 6.07) is 3.81. The number of aliphatic carboxylic acids is 1. The summed E-state index contributed by atoms with van der Waals surface area (Å²) in [4.78, 5) is 15.5. The van der Waals surface area contributed by atoms with Gasteiger partial charge in [-0.1, -0.05) is 6.07 Å². The number of nitrogens with zero attached hydrogens (tertiary/aromatic N) is 1. The number of ether oxygens (including phenoxy) is 1. The molecule has 1 aromatic heterocycles. The Hall–Kier alpha value is -1.42. The van der Waals surface area contributed by atoms with Crippen LogP contribution in [0.25, 0.3) is 0 Å². The first kappa shape index (κ1) is 11.1. The minimum atomic E-state index is -0.912. The molecule has 0 saturated heterocycles. The highest BCUT2D eigenvalue weighted by atomic mass is 16.5. The maximum Gasteiger partial charge on any atom is 0.333 e. The van der Waals surface area contributed by atoms with Crippen molar-refractivity contribution >= 4 is 5.97 Å².